The number of furan rings is 1. The normalized spacial score (nSPS) is 20.9. The summed E-state index contributed by atoms with van der Waals surface area (Å²) >= 11 is 0. The van der Waals surface area contributed by atoms with Crippen molar-refractivity contribution in [3.63, 3.8) is 0 Å². The van der Waals surface area contributed by atoms with Gasteiger partial charge in [-0.25, -0.2) is 4.98 Å². The highest BCUT2D eigenvalue weighted by Crippen LogP contribution is 2.28. The van der Waals surface area contributed by atoms with Crippen LogP contribution in [0.15, 0.2) is 29.1 Å². The van der Waals surface area contributed by atoms with Crippen molar-refractivity contribution >= 4 is 5.91 Å². The van der Waals surface area contributed by atoms with Crippen LogP contribution in [0.25, 0.3) is 0 Å². The molecule has 1 amide bonds. The van der Waals surface area contributed by atoms with Crippen molar-refractivity contribution in [1.29, 1.82) is 0 Å². The van der Waals surface area contributed by atoms with Crippen LogP contribution in [0.2, 0.25) is 0 Å². The summed E-state index contributed by atoms with van der Waals surface area (Å²) in [4.78, 5) is 18.9. The first kappa shape index (κ1) is 15.4. The van der Waals surface area contributed by atoms with Gasteiger partial charge in [-0.2, -0.15) is 0 Å². The van der Waals surface area contributed by atoms with Crippen LogP contribution in [0, 0.1) is 0 Å². The molecule has 6 nitrogen and oxygen atoms in total. The molecule has 0 unspecified atom stereocenters. The highest BCUT2D eigenvalue weighted by Gasteiger charge is 2.28. The van der Waals surface area contributed by atoms with Crippen LogP contribution in [0.5, 0.6) is 0 Å². The number of carbonyl (C=O) groups is 1. The molecular formula is C18H24N4O2. The molecule has 0 bridgehead atoms. The number of hydrogen-bond donors (Lipinski definition) is 1. The molecule has 2 aliphatic rings. The van der Waals surface area contributed by atoms with Crippen molar-refractivity contribution in [2.75, 3.05) is 19.6 Å². The minimum atomic E-state index is 0.0553. The van der Waals surface area contributed by atoms with Crippen LogP contribution in [0.4, 0.5) is 0 Å². The van der Waals surface area contributed by atoms with Gasteiger partial charge in [0.05, 0.1) is 31.4 Å². The Morgan fingerprint density at radius 2 is 2.29 bits per heavy atom. The third-order valence-corrected chi connectivity index (χ3v) is 5.11. The average molecular weight is 328 g/mol. The lowest BCUT2D eigenvalue weighted by atomic mass is 10.0. The first-order valence-corrected chi connectivity index (χ1v) is 8.85. The van der Waals surface area contributed by atoms with E-state index in [0.717, 1.165) is 38.1 Å². The number of nitrogens with one attached hydrogen (secondary N) is 1. The largest absolute Gasteiger partial charge is 0.467 e. The van der Waals surface area contributed by atoms with Crippen LogP contribution in [0.1, 0.15) is 42.5 Å². The zero-order valence-corrected chi connectivity index (χ0v) is 13.9. The van der Waals surface area contributed by atoms with Gasteiger partial charge in [0.15, 0.2) is 0 Å². The smallest absolute Gasteiger partial charge is 0.234 e. The molecule has 128 valence electrons. The third-order valence-electron chi connectivity index (χ3n) is 5.11. The molecular weight excluding hydrogens is 304 g/mol. The number of rotatable bonds is 5. The average Bonchev–Trinajstić information content (AvgIpc) is 3.33. The van der Waals surface area contributed by atoms with E-state index in [-0.39, 0.29) is 5.91 Å². The Morgan fingerprint density at radius 3 is 3.17 bits per heavy atom. The van der Waals surface area contributed by atoms with Gasteiger partial charge in [0.2, 0.25) is 5.91 Å². The predicted molar refractivity (Wildman–Crippen MR) is 89.5 cm³/mol. The zero-order chi connectivity index (χ0) is 16.4. The van der Waals surface area contributed by atoms with Gasteiger partial charge < -0.3 is 14.3 Å². The molecule has 0 spiro atoms. The number of imidazole rings is 1. The number of nitrogens with zero attached hydrogens (tertiary/aromatic N) is 3. The van der Waals surface area contributed by atoms with E-state index in [1.165, 1.54) is 24.2 Å². The number of aryl methyl sites for hydroxylation is 1. The van der Waals surface area contributed by atoms with Crippen molar-refractivity contribution < 1.29 is 9.21 Å². The Balaban J connectivity index is 1.30. The van der Waals surface area contributed by atoms with Gasteiger partial charge in [-0.3, -0.25) is 9.69 Å². The van der Waals surface area contributed by atoms with Crippen LogP contribution in [-0.4, -0.2) is 40.0 Å². The lowest BCUT2D eigenvalue weighted by molar-refractivity contribution is -0.122. The van der Waals surface area contributed by atoms with E-state index >= 15 is 0 Å². The third kappa shape index (κ3) is 3.24. The van der Waals surface area contributed by atoms with E-state index in [1.807, 2.05) is 18.5 Å². The molecule has 0 aromatic carbocycles. The Morgan fingerprint density at radius 1 is 1.38 bits per heavy atom. The number of hydrogen-bond acceptors (Lipinski definition) is 4. The highest BCUT2D eigenvalue weighted by atomic mass is 16.3. The van der Waals surface area contributed by atoms with E-state index in [1.54, 1.807) is 6.26 Å². The Hall–Kier alpha value is -2.08. The topological polar surface area (TPSA) is 63.3 Å². The standard InChI is InChI=1S/C18H24N4O2/c23-18(19-10-15-4-3-9-24-15)12-21-8-7-14(11-21)22-13-20-16-5-1-2-6-17(16)22/h3-4,9,13-14H,1-2,5-8,10-12H2,(H,19,23)/t14-/m1/s1. The molecule has 1 fully saturated rings. The summed E-state index contributed by atoms with van der Waals surface area (Å²) in [6.07, 6.45) is 9.53. The minimum Gasteiger partial charge on any atom is -0.467 e. The van der Waals surface area contributed by atoms with Crippen LogP contribution in [-0.2, 0) is 24.2 Å². The van der Waals surface area contributed by atoms with E-state index in [0.29, 0.717) is 19.1 Å². The summed E-state index contributed by atoms with van der Waals surface area (Å²) in [5.74, 6) is 0.840. The Labute approximate surface area is 141 Å². The Bertz CT molecular complexity index is 692. The first-order chi connectivity index (χ1) is 11.8. The molecule has 1 aliphatic heterocycles. The fourth-order valence-corrected chi connectivity index (χ4v) is 3.85. The van der Waals surface area contributed by atoms with Crippen molar-refractivity contribution in [3.05, 3.63) is 41.9 Å². The van der Waals surface area contributed by atoms with Crippen molar-refractivity contribution in [3.8, 4) is 0 Å². The number of amides is 1. The number of fused-ring (bicyclic) bond motifs is 1. The number of aromatic nitrogens is 2. The quantitative estimate of drug-likeness (QED) is 0.911. The maximum Gasteiger partial charge on any atom is 0.234 e. The fourth-order valence-electron chi connectivity index (χ4n) is 3.85. The summed E-state index contributed by atoms with van der Waals surface area (Å²) in [5.41, 5.74) is 2.71. The lowest BCUT2D eigenvalue weighted by Gasteiger charge is -2.20. The monoisotopic (exact) mass is 328 g/mol. The zero-order valence-electron chi connectivity index (χ0n) is 13.9. The highest BCUT2D eigenvalue weighted by molar-refractivity contribution is 5.77. The maximum atomic E-state index is 12.1. The lowest BCUT2D eigenvalue weighted by Crippen LogP contribution is -2.35. The SMILES string of the molecule is O=C(CN1CC[C@@H](n2cnc3c2CCCC3)C1)NCc1ccco1. The fraction of sp³-hybridized carbons (Fsp3) is 0.556. The molecule has 4 rings (SSSR count). The van der Waals surface area contributed by atoms with Gasteiger partial charge in [0, 0.05) is 24.8 Å². The van der Waals surface area contributed by atoms with Crippen molar-refractivity contribution in [1.82, 2.24) is 19.8 Å². The van der Waals surface area contributed by atoms with Gasteiger partial charge in [-0.05, 0) is 44.2 Å². The Kier molecular flexibility index (Phi) is 4.38. The second-order valence-corrected chi connectivity index (χ2v) is 6.79. The molecule has 6 heteroatoms. The van der Waals surface area contributed by atoms with Gasteiger partial charge in [-0.1, -0.05) is 0 Å². The van der Waals surface area contributed by atoms with Gasteiger partial charge in [0.25, 0.3) is 0 Å². The van der Waals surface area contributed by atoms with E-state index in [2.05, 4.69) is 19.8 Å². The molecule has 1 atom stereocenters. The van der Waals surface area contributed by atoms with E-state index in [4.69, 9.17) is 4.42 Å². The second kappa shape index (κ2) is 6.81. The molecule has 1 saturated heterocycles. The maximum absolute atomic E-state index is 12.1. The van der Waals surface area contributed by atoms with Crippen LogP contribution >= 0.6 is 0 Å². The summed E-state index contributed by atoms with van der Waals surface area (Å²) in [5, 5.41) is 2.92. The molecule has 2 aromatic rings. The minimum absolute atomic E-state index is 0.0553. The van der Waals surface area contributed by atoms with Gasteiger partial charge in [0.1, 0.15) is 5.76 Å². The number of likely N-dealkylation sites (tertiary alicyclic amines) is 1. The molecule has 24 heavy (non-hydrogen) atoms. The van der Waals surface area contributed by atoms with Crippen molar-refractivity contribution in [2.24, 2.45) is 0 Å². The second-order valence-electron chi connectivity index (χ2n) is 6.79. The molecule has 1 N–H and O–H groups in total. The molecule has 2 aromatic heterocycles. The number of carbonyl (C=O) groups excluding carboxylic acids is 1. The van der Waals surface area contributed by atoms with E-state index in [9.17, 15) is 4.79 Å². The van der Waals surface area contributed by atoms with Crippen LogP contribution < -0.4 is 5.32 Å². The summed E-state index contributed by atoms with van der Waals surface area (Å²) in [6, 6.07) is 4.16. The summed E-state index contributed by atoms with van der Waals surface area (Å²) in [7, 11) is 0. The van der Waals surface area contributed by atoms with E-state index < -0.39 is 0 Å². The van der Waals surface area contributed by atoms with Crippen LogP contribution in [0.3, 0.4) is 0 Å². The molecule has 0 saturated carbocycles. The molecule has 1 aliphatic carbocycles. The molecule has 0 radical (unpaired) electrons. The predicted octanol–water partition coefficient (Wildman–Crippen LogP) is 1.92. The first-order valence-electron chi connectivity index (χ1n) is 8.85. The summed E-state index contributed by atoms with van der Waals surface area (Å²) < 4.78 is 7.60. The van der Waals surface area contributed by atoms with Gasteiger partial charge >= 0.3 is 0 Å². The van der Waals surface area contributed by atoms with Gasteiger partial charge in [-0.15, -0.1) is 0 Å². The molecule has 3 heterocycles. The summed E-state index contributed by atoms with van der Waals surface area (Å²) in [6.45, 7) is 2.80. The van der Waals surface area contributed by atoms with Crippen molar-refractivity contribution in [2.45, 2.75) is 44.7 Å².